The number of hydrogen-bond acceptors (Lipinski definition) is 2. The maximum Gasteiger partial charge on any atom is 0.219 e. The lowest BCUT2D eigenvalue weighted by Gasteiger charge is -2.26. The highest BCUT2D eigenvalue weighted by atomic mass is 16.2. The highest BCUT2D eigenvalue weighted by Gasteiger charge is 2.11. The maximum absolute atomic E-state index is 10.9. The molecule has 3 nitrogen and oxygen atoms in total. The standard InChI is InChI=1S/C8H18N2O/c1-7(6-9(3)4)10(5)8(2)11/h7H,6H2,1-5H3. The summed E-state index contributed by atoms with van der Waals surface area (Å²) in [4.78, 5) is 14.7. The van der Waals surface area contributed by atoms with Crippen molar-refractivity contribution >= 4 is 5.91 Å². The molecule has 0 aliphatic heterocycles. The first kappa shape index (κ1) is 10.4. The normalized spacial score (nSPS) is 13.3. The van der Waals surface area contributed by atoms with Crippen LogP contribution >= 0.6 is 0 Å². The summed E-state index contributed by atoms with van der Waals surface area (Å²) in [6.45, 7) is 4.55. The van der Waals surface area contributed by atoms with Gasteiger partial charge in [0.15, 0.2) is 0 Å². The van der Waals surface area contributed by atoms with Crippen LogP contribution in [0.5, 0.6) is 0 Å². The van der Waals surface area contributed by atoms with Gasteiger partial charge in [-0.15, -0.1) is 0 Å². The first-order valence-electron chi connectivity index (χ1n) is 3.83. The van der Waals surface area contributed by atoms with Crippen molar-refractivity contribution in [2.75, 3.05) is 27.7 Å². The average Bonchev–Trinajstić information content (AvgIpc) is 1.84. The summed E-state index contributed by atoms with van der Waals surface area (Å²) in [5.41, 5.74) is 0. The van der Waals surface area contributed by atoms with Gasteiger partial charge in [-0.25, -0.2) is 0 Å². The van der Waals surface area contributed by atoms with Crippen LogP contribution in [0.2, 0.25) is 0 Å². The van der Waals surface area contributed by atoms with E-state index in [1.807, 2.05) is 28.1 Å². The molecule has 0 heterocycles. The summed E-state index contributed by atoms with van der Waals surface area (Å²) in [6, 6.07) is 0.294. The number of carbonyl (C=O) groups is 1. The Morgan fingerprint density at radius 3 is 2.09 bits per heavy atom. The Morgan fingerprint density at radius 1 is 1.36 bits per heavy atom. The quantitative estimate of drug-likeness (QED) is 0.594. The molecular weight excluding hydrogens is 140 g/mol. The molecule has 0 saturated carbocycles. The van der Waals surface area contributed by atoms with Gasteiger partial charge >= 0.3 is 0 Å². The molecule has 0 aliphatic rings. The fraction of sp³-hybridized carbons (Fsp3) is 0.875. The first-order valence-corrected chi connectivity index (χ1v) is 3.83. The van der Waals surface area contributed by atoms with Gasteiger partial charge in [0, 0.05) is 26.6 Å². The van der Waals surface area contributed by atoms with Crippen molar-refractivity contribution < 1.29 is 4.79 Å². The third-order valence-electron chi connectivity index (χ3n) is 1.79. The van der Waals surface area contributed by atoms with Gasteiger partial charge < -0.3 is 9.80 Å². The summed E-state index contributed by atoms with van der Waals surface area (Å²) in [6.07, 6.45) is 0. The lowest BCUT2D eigenvalue weighted by molar-refractivity contribution is -0.129. The summed E-state index contributed by atoms with van der Waals surface area (Å²) < 4.78 is 0. The Kier molecular flexibility index (Phi) is 4.11. The molecule has 0 aliphatic carbocycles. The predicted molar refractivity (Wildman–Crippen MR) is 46.5 cm³/mol. The predicted octanol–water partition coefficient (Wildman–Crippen LogP) is 0.415. The van der Waals surface area contributed by atoms with Gasteiger partial charge in [-0.05, 0) is 21.0 Å². The van der Waals surface area contributed by atoms with Crippen LogP contribution in [0.15, 0.2) is 0 Å². The number of likely N-dealkylation sites (N-methyl/N-ethyl adjacent to an activating group) is 2. The lowest BCUT2D eigenvalue weighted by atomic mass is 10.3. The average molecular weight is 158 g/mol. The number of nitrogens with zero attached hydrogens (tertiary/aromatic N) is 2. The van der Waals surface area contributed by atoms with Gasteiger partial charge in [0.2, 0.25) is 5.91 Å². The summed E-state index contributed by atoms with van der Waals surface area (Å²) in [7, 11) is 5.84. The molecular formula is C8H18N2O. The second-order valence-electron chi connectivity index (χ2n) is 3.24. The van der Waals surface area contributed by atoms with Crippen LogP contribution in [0.4, 0.5) is 0 Å². The van der Waals surface area contributed by atoms with Gasteiger partial charge in [-0.2, -0.15) is 0 Å². The minimum Gasteiger partial charge on any atom is -0.342 e. The molecule has 0 aromatic carbocycles. The smallest absolute Gasteiger partial charge is 0.219 e. The van der Waals surface area contributed by atoms with Crippen LogP contribution in [0.3, 0.4) is 0 Å². The van der Waals surface area contributed by atoms with Gasteiger partial charge in [-0.1, -0.05) is 0 Å². The molecule has 0 aromatic rings. The van der Waals surface area contributed by atoms with E-state index in [0.29, 0.717) is 6.04 Å². The van der Waals surface area contributed by atoms with Crippen LogP contribution in [0, 0.1) is 0 Å². The molecule has 0 aromatic heterocycles. The molecule has 66 valence electrons. The molecule has 0 N–H and O–H groups in total. The fourth-order valence-electron chi connectivity index (χ4n) is 0.961. The molecule has 0 bridgehead atoms. The molecule has 0 spiro atoms. The van der Waals surface area contributed by atoms with E-state index in [2.05, 4.69) is 4.90 Å². The highest BCUT2D eigenvalue weighted by molar-refractivity contribution is 5.73. The molecule has 11 heavy (non-hydrogen) atoms. The molecule has 3 heteroatoms. The second-order valence-corrected chi connectivity index (χ2v) is 3.24. The van der Waals surface area contributed by atoms with Gasteiger partial charge in [0.1, 0.15) is 0 Å². The topological polar surface area (TPSA) is 23.6 Å². The number of hydrogen-bond donors (Lipinski definition) is 0. The zero-order valence-corrected chi connectivity index (χ0v) is 8.09. The van der Waals surface area contributed by atoms with Crippen LogP contribution < -0.4 is 0 Å². The molecule has 1 atom stereocenters. The minimum atomic E-state index is 0.124. The van der Waals surface area contributed by atoms with Crippen molar-refractivity contribution in [2.24, 2.45) is 0 Å². The Hall–Kier alpha value is -0.570. The van der Waals surface area contributed by atoms with E-state index >= 15 is 0 Å². The molecule has 1 unspecified atom stereocenters. The van der Waals surface area contributed by atoms with Crippen LogP contribution in [-0.4, -0.2) is 49.4 Å². The number of amides is 1. The van der Waals surface area contributed by atoms with Crippen LogP contribution in [0.1, 0.15) is 13.8 Å². The monoisotopic (exact) mass is 158 g/mol. The lowest BCUT2D eigenvalue weighted by Crippen LogP contribution is -2.39. The summed E-state index contributed by atoms with van der Waals surface area (Å²) in [5.74, 6) is 0.124. The zero-order valence-electron chi connectivity index (χ0n) is 8.09. The van der Waals surface area contributed by atoms with E-state index in [1.165, 1.54) is 0 Å². The van der Waals surface area contributed by atoms with Crippen molar-refractivity contribution in [1.29, 1.82) is 0 Å². The highest BCUT2D eigenvalue weighted by Crippen LogP contribution is 1.96. The Morgan fingerprint density at radius 2 is 1.82 bits per heavy atom. The largest absolute Gasteiger partial charge is 0.342 e. The maximum atomic E-state index is 10.9. The van der Waals surface area contributed by atoms with Crippen LogP contribution in [-0.2, 0) is 4.79 Å². The third kappa shape index (κ3) is 3.98. The van der Waals surface area contributed by atoms with E-state index in [4.69, 9.17) is 0 Å². The van der Waals surface area contributed by atoms with Crippen molar-refractivity contribution in [2.45, 2.75) is 19.9 Å². The van der Waals surface area contributed by atoms with Crippen LogP contribution in [0.25, 0.3) is 0 Å². The molecule has 0 saturated heterocycles. The van der Waals surface area contributed by atoms with Crippen molar-refractivity contribution in [3.63, 3.8) is 0 Å². The molecule has 0 rings (SSSR count). The number of rotatable bonds is 3. The summed E-state index contributed by atoms with van der Waals surface area (Å²) >= 11 is 0. The third-order valence-corrected chi connectivity index (χ3v) is 1.79. The first-order chi connectivity index (χ1) is 4.95. The van der Waals surface area contributed by atoms with E-state index in [1.54, 1.807) is 11.8 Å². The molecule has 0 fully saturated rings. The van der Waals surface area contributed by atoms with Crippen molar-refractivity contribution in [3.8, 4) is 0 Å². The number of carbonyl (C=O) groups excluding carboxylic acids is 1. The van der Waals surface area contributed by atoms with Crippen molar-refractivity contribution in [1.82, 2.24) is 9.80 Å². The molecule has 0 radical (unpaired) electrons. The van der Waals surface area contributed by atoms with E-state index in [9.17, 15) is 4.79 Å². The van der Waals surface area contributed by atoms with Gasteiger partial charge in [0.05, 0.1) is 0 Å². The van der Waals surface area contributed by atoms with E-state index in [0.717, 1.165) is 6.54 Å². The Bertz CT molecular complexity index is 134. The van der Waals surface area contributed by atoms with Gasteiger partial charge in [-0.3, -0.25) is 4.79 Å². The Balaban J connectivity index is 3.82. The van der Waals surface area contributed by atoms with Gasteiger partial charge in [0.25, 0.3) is 0 Å². The Labute approximate surface area is 69.0 Å². The van der Waals surface area contributed by atoms with E-state index < -0.39 is 0 Å². The SMILES string of the molecule is CC(=O)N(C)C(C)CN(C)C. The molecule has 1 amide bonds. The van der Waals surface area contributed by atoms with Crippen molar-refractivity contribution in [3.05, 3.63) is 0 Å². The minimum absolute atomic E-state index is 0.124. The summed E-state index contributed by atoms with van der Waals surface area (Å²) in [5, 5.41) is 0. The van der Waals surface area contributed by atoms with E-state index in [-0.39, 0.29) is 5.91 Å². The zero-order chi connectivity index (χ0) is 9.02. The second kappa shape index (κ2) is 4.34. The fourth-order valence-corrected chi connectivity index (χ4v) is 0.961.